The zero-order valence-corrected chi connectivity index (χ0v) is 12.1. The summed E-state index contributed by atoms with van der Waals surface area (Å²) in [5.74, 6) is -0.837. The summed E-state index contributed by atoms with van der Waals surface area (Å²) in [5, 5.41) is 3.73. The topological polar surface area (TPSA) is 108 Å². The number of rotatable bonds is 3. The molecule has 8 heteroatoms. The Morgan fingerprint density at radius 3 is 2.50 bits per heavy atom. The molecule has 0 aromatic carbocycles. The molecule has 0 spiro atoms. The number of aryl methyl sites for hydroxylation is 2. The minimum Gasteiger partial charge on any atom is -0.366 e. The van der Waals surface area contributed by atoms with Gasteiger partial charge < -0.3 is 5.73 Å². The molecule has 2 heterocycles. The molecule has 106 valence electrons. The molecule has 7 nitrogen and oxygen atoms in total. The summed E-state index contributed by atoms with van der Waals surface area (Å²) in [6.07, 6.45) is 1.31. The third-order valence-corrected chi connectivity index (χ3v) is 4.97. The highest BCUT2D eigenvalue weighted by atomic mass is 32.2. The van der Waals surface area contributed by atoms with Crippen LogP contribution in [0.1, 0.15) is 21.7 Å². The summed E-state index contributed by atoms with van der Waals surface area (Å²) in [5.41, 5.74) is 5.91. The summed E-state index contributed by atoms with van der Waals surface area (Å²) in [6, 6.07) is 2.80. The molecule has 0 aliphatic heterocycles. The van der Waals surface area contributed by atoms with Gasteiger partial charge in [-0.15, -0.1) is 0 Å². The highest BCUT2D eigenvalue weighted by Gasteiger charge is 2.30. The number of carbonyl (C=O) groups is 1. The van der Waals surface area contributed by atoms with Crippen LogP contribution in [0.4, 0.5) is 0 Å². The molecular formula is C12H14N4O3S. The lowest BCUT2D eigenvalue weighted by Crippen LogP contribution is -2.18. The quantitative estimate of drug-likeness (QED) is 0.879. The van der Waals surface area contributed by atoms with Gasteiger partial charge in [0, 0.05) is 13.2 Å². The number of amides is 1. The fourth-order valence-corrected chi connectivity index (χ4v) is 3.83. The maximum absolute atomic E-state index is 12.7. The van der Waals surface area contributed by atoms with Crippen molar-refractivity contribution in [3.05, 3.63) is 35.3 Å². The van der Waals surface area contributed by atoms with Crippen LogP contribution in [0.15, 0.2) is 28.3 Å². The molecule has 0 aliphatic rings. The summed E-state index contributed by atoms with van der Waals surface area (Å²) in [6.45, 7) is 3.23. The molecule has 2 aromatic rings. The van der Waals surface area contributed by atoms with Crippen LogP contribution in [0.3, 0.4) is 0 Å². The molecule has 0 bridgehead atoms. The van der Waals surface area contributed by atoms with E-state index in [1.54, 1.807) is 20.9 Å². The predicted octanol–water partition coefficient (Wildman–Crippen LogP) is 0.364. The Hall–Kier alpha value is -2.22. The van der Waals surface area contributed by atoms with Gasteiger partial charge in [-0.2, -0.15) is 5.10 Å². The molecule has 0 fully saturated rings. The van der Waals surface area contributed by atoms with Gasteiger partial charge in [-0.25, -0.2) is 13.4 Å². The standard InChI is InChI=1S/C12H14N4O3S/c1-7-10(8(2)16(3)15-7)20(18,19)12-9(11(13)17)5-4-6-14-12/h4-6H,1-3H3,(H2,13,17). The zero-order chi connectivity index (χ0) is 15.1. The smallest absolute Gasteiger partial charge is 0.251 e. The lowest BCUT2D eigenvalue weighted by Gasteiger charge is -2.07. The zero-order valence-electron chi connectivity index (χ0n) is 11.3. The molecule has 0 unspecified atom stereocenters. The fourth-order valence-electron chi connectivity index (χ4n) is 2.03. The van der Waals surface area contributed by atoms with Crippen LogP contribution in [-0.4, -0.2) is 29.1 Å². The van der Waals surface area contributed by atoms with Crippen molar-refractivity contribution in [3.63, 3.8) is 0 Å². The third-order valence-electron chi connectivity index (χ3n) is 3.00. The fraction of sp³-hybridized carbons (Fsp3) is 0.250. The van der Waals surface area contributed by atoms with Crippen LogP contribution >= 0.6 is 0 Å². The average molecular weight is 294 g/mol. The molecule has 2 rings (SSSR count). The highest BCUT2D eigenvalue weighted by molar-refractivity contribution is 7.91. The molecule has 0 atom stereocenters. The van der Waals surface area contributed by atoms with Crippen molar-refractivity contribution in [2.45, 2.75) is 23.8 Å². The lowest BCUT2D eigenvalue weighted by atomic mass is 10.3. The second kappa shape index (κ2) is 4.71. The number of pyridine rings is 1. The van der Waals surface area contributed by atoms with Crippen molar-refractivity contribution < 1.29 is 13.2 Å². The summed E-state index contributed by atoms with van der Waals surface area (Å²) >= 11 is 0. The van der Waals surface area contributed by atoms with Crippen LogP contribution in [0.2, 0.25) is 0 Å². The van der Waals surface area contributed by atoms with E-state index in [0.29, 0.717) is 11.4 Å². The van der Waals surface area contributed by atoms with E-state index in [-0.39, 0.29) is 15.5 Å². The second-order valence-electron chi connectivity index (χ2n) is 4.35. The van der Waals surface area contributed by atoms with Gasteiger partial charge in [-0.05, 0) is 26.0 Å². The molecule has 0 saturated carbocycles. The van der Waals surface area contributed by atoms with Gasteiger partial charge in [-0.1, -0.05) is 0 Å². The molecule has 0 aliphatic carbocycles. The third kappa shape index (κ3) is 2.07. The molecule has 2 N–H and O–H groups in total. The SMILES string of the molecule is Cc1nn(C)c(C)c1S(=O)(=O)c1ncccc1C(N)=O. The number of nitrogens with zero attached hydrogens (tertiary/aromatic N) is 3. The van der Waals surface area contributed by atoms with E-state index in [1.165, 1.54) is 23.0 Å². The molecule has 1 amide bonds. The Labute approximate surface area is 116 Å². The van der Waals surface area contributed by atoms with Gasteiger partial charge in [0.05, 0.1) is 17.0 Å². The van der Waals surface area contributed by atoms with Crippen molar-refractivity contribution in [2.24, 2.45) is 12.8 Å². The van der Waals surface area contributed by atoms with Gasteiger partial charge in [0.2, 0.25) is 9.84 Å². The van der Waals surface area contributed by atoms with E-state index >= 15 is 0 Å². The van der Waals surface area contributed by atoms with Crippen molar-refractivity contribution >= 4 is 15.7 Å². The molecule has 0 radical (unpaired) electrons. The number of carbonyl (C=O) groups excluding carboxylic acids is 1. The summed E-state index contributed by atoms with van der Waals surface area (Å²) in [7, 11) is -2.30. The lowest BCUT2D eigenvalue weighted by molar-refractivity contribution is 0.0996. The maximum atomic E-state index is 12.7. The highest BCUT2D eigenvalue weighted by Crippen LogP contribution is 2.26. The van der Waals surface area contributed by atoms with Gasteiger partial charge >= 0.3 is 0 Å². The van der Waals surface area contributed by atoms with Gasteiger partial charge in [-0.3, -0.25) is 9.48 Å². The average Bonchev–Trinajstić information content (AvgIpc) is 2.63. The predicted molar refractivity (Wildman–Crippen MR) is 70.9 cm³/mol. The molecule has 0 saturated heterocycles. The normalized spacial score (nSPS) is 11.6. The number of nitrogens with two attached hydrogens (primary N) is 1. The monoisotopic (exact) mass is 294 g/mol. The van der Waals surface area contributed by atoms with Gasteiger partial charge in [0.15, 0.2) is 5.03 Å². The molecule has 2 aromatic heterocycles. The van der Waals surface area contributed by atoms with E-state index in [1.807, 2.05) is 0 Å². The number of sulfone groups is 1. The molecular weight excluding hydrogens is 280 g/mol. The number of primary amides is 1. The number of aromatic nitrogens is 3. The van der Waals surface area contributed by atoms with E-state index in [0.717, 1.165) is 0 Å². The van der Waals surface area contributed by atoms with E-state index in [4.69, 9.17) is 5.73 Å². The Bertz CT molecular complexity index is 793. The van der Waals surface area contributed by atoms with Crippen molar-refractivity contribution in [1.29, 1.82) is 0 Å². The number of hydrogen-bond acceptors (Lipinski definition) is 5. The van der Waals surface area contributed by atoms with Crippen LogP contribution in [0, 0.1) is 13.8 Å². The van der Waals surface area contributed by atoms with Crippen LogP contribution < -0.4 is 5.73 Å². The van der Waals surface area contributed by atoms with Crippen LogP contribution in [0.5, 0.6) is 0 Å². The van der Waals surface area contributed by atoms with Crippen LogP contribution in [-0.2, 0) is 16.9 Å². The number of hydrogen-bond donors (Lipinski definition) is 1. The van der Waals surface area contributed by atoms with E-state index in [9.17, 15) is 13.2 Å². The first-order valence-electron chi connectivity index (χ1n) is 5.77. The Balaban J connectivity index is 2.77. The molecule has 20 heavy (non-hydrogen) atoms. The maximum Gasteiger partial charge on any atom is 0.251 e. The van der Waals surface area contributed by atoms with E-state index < -0.39 is 15.7 Å². The summed E-state index contributed by atoms with van der Waals surface area (Å²) < 4.78 is 26.8. The Kier molecular flexibility index (Phi) is 3.34. The minimum absolute atomic E-state index is 0.0567. The summed E-state index contributed by atoms with van der Waals surface area (Å²) in [4.78, 5) is 15.2. The van der Waals surface area contributed by atoms with E-state index in [2.05, 4.69) is 10.1 Å². The first-order chi connectivity index (χ1) is 9.26. The minimum atomic E-state index is -3.95. The Morgan fingerprint density at radius 1 is 1.35 bits per heavy atom. The largest absolute Gasteiger partial charge is 0.366 e. The second-order valence-corrected chi connectivity index (χ2v) is 6.15. The van der Waals surface area contributed by atoms with Crippen molar-refractivity contribution in [3.8, 4) is 0 Å². The first kappa shape index (κ1) is 14.2. The Morgan fingerprint density at radius 2 is 2.00 bits per heavy atom. The van der Waals surface area contributed by atoms with Crippen molar-refractivity contribution in [1.82, 2.24) is 14.8 Å². The first-order valence-corrected chi connectivity index (χ1v) is 7.25. The van der Waals surface area contributed by atoms with Gasteiger partial charge in [0.1, 0.15) is 4.90 Å². The van der Waals surface area contributed by atoms with Crippen LogP contribution in [0.25, 0.3) is 0 Å². The van der Waals surface area contributed by atoms with Crippen molar-refractivity contribution in [2.75, 3.05) is 0 Å². The van der Waals surface area contributed by atoms with Gasteiger partial charge in [0.25, 0.3) is 5.91 Å².